The highest BCUT2D eigenvalue weighted by atomic mass is 16.7. The molecule has 0 bridgehead atoms. The predicted octanol–water partition coefficient (Wildman–Crippen LogP) is 5.49. The van der Waals surface area contributed by atoms with Gasteiger partial charge < -0.3 is 19.3 Å². The number of benzene rings is 4. The van der Waals surface area contributed by atoms with E-state index in [9.17, 15) is 4.79 Å². The van der Waals surface area contributed by atoms with Crippen LogP contribution in [0, 0.1) is 0 Å². The minimum atomic E-state index is 0.0769. The molecule has 1 fully saturated rings. The van der Waals surface area contributed by atoms with Crippen molar-refractivity contribution in [1.82, 2.24) is 9.80 Å². The molecule has 0 spiro atoms. The fourth-order valence-corrected chi connectivity index (χ4v) is 5.34. The highest BCUT2D eigenvalue weighted by molar-refractivity contribution is 5.84. The van der Waals surface area contributed by atoms with Crippen molar-refractivity contribution in [2.75, 3.05) is 44.4 Å². The minimum absolute atomic E-state index is 0.0769. The molecule has 6 nitrogen and oxygen atoms in total. The number of para-hydroxylation sites is 2. The average Bonchev–Trinajstić information content (AvgIpc) is 3.46. The molecule has 1 unspecified atom stereocenters. The lowest BCUT2D eigenvalue weighted by Gasteiger charge is -2.40. The molecule has 2 aliphatic rings. The monoisotopic (exact) mass is 505 g/mol. The molecule has 0 saturated carbocycles. The zero-order valence-electron chi connectivity index (χ0n) is 21.3. The van der Waals surface area contributed by atoms with Gasteiger partial charge in [-0.3, -0.25) is 9.69 Å². The molecule has 0 aliphatic carbocycles. The maximum absolute atomic E-state index is 13.5. The summed E-state index contributed by atoms with van der Waals surface area (Å²) in [5.41, 5.74) is 4.42. The van der Waals surface area contributed by atoms with Crippen molar-refractivity contribution in [3.8, 4) is 11.5 Å². The van der Waals surface area contributed by atoms with E-state index < -0.39 is 0 Å². The van der Waals surface area contributed by atoms with Gasteiger partial charge in [0.25, 0.3) is 0 Å². The van der Waals surface area contributed by atoms with Gasteiger partial charge in [-0.2, -0.15) is 0 Å². The van der Waals surface area contributed by atoms with Crippen molar-refractivity contribution < 1.29 is 14.3 Å². The minimum Gasteiger partial charge on any atom is -0.454 e. The van der Waals surface area contributed by atoms with E-state index in [4.69, 9.17) is 9.47 Å². The third kappa shape index (κ3) is 5.08. The first-order valence-electron chi connectivity index (χ1n) is 13.1. The molecule has 1 amide bonds. The number of hydrogen-bond acceptors (Lipinski definition) is 5. The van der Waals surface area contributed by atoms with Crippen molar-refractivity contribution in [2.45, 2.75) is 6.04 Å². The lowest BCUT2D eigenvalue weighted by molar-refractivity contribution is -0.131. The second-order valence-electron chi connectivity index (χ2n) is 9.60. The molecular formula is C32H31N3O3. The molecule has 2 aliphatic heterocycles. The zero-order chi connectivity index (χ0) is 25.7. The first kappa shape index (κ1) is 24.1. The van der Waals surface area contributed by atoms with Crippen LogP contribution in [0.4, 0.5) is 11.4 Å². The van der Waals surface area contributed by atoms with Gasteiger partial charge in [-0.25, -0.2) is 0 Å². The van der Waals surface area contributed by atoms with Crippen LogP contribution in [0.1, 0.15) is 17.2 Å². The molecule has 0 N–H and O–H groups in total. The lowest BCUT2D eigenvalue weighted by atomic mass is 9.96. The maximum atomic E-state index is 13.5. The van der Waals surface area contributed by atoms with Crippen LogP contribution < -0.4 is 14.4 Å². The summed E-state index contributed by atoms with van der Waals surface area (Å²) >= 11 is 0. The highest BCUT2D eigenvalue weighted by Crippen LogP contribution is 2.38. The Labute approximate surface area is 223 Å². The van der Waals surface area contributed by atoms with Crippen molar-refractivity contribution in [3.05, 3.63) is 120 Å². The molecule has 6 rings (SSSR count). The smallest absolute Gasteiger partial charge is 0.242 e. The van der Waals surface area contributed by atoms with Gasteiger partial charge in [-0.1, -0.05) is 72.8 Å². The van der Waals surface area contributed by atoms with E-state index in [1.807, 2.05) is 77.7 Å². The van der Waals surface area contributed by atoms with Gasteiger partial charge in [0.05, 0.1) is 6.04 Å². The number of hydrogen-bond donors (Lipinski definition) is 0. The van der Waals surface area contributed by atoms with E-state index in [0.717, 1.165) is 36.0 Å². The molecule has 0 aromatic heterocycles. The quantitative estimate of drug-likeness (QED) is 0.333. The standard InChI is InChI=1S/C32H31N3O3/c36-31(23-35(27-12-6-2-7-13-27)28-14-8-3-9-15-28)33-18-20-34(21-19-33)32(25-10-4-1-5-11-25)26-16-17-29-30(22-26)38-24-37-29/h1-17,22,32H,18-21,23-24H2. The molecular weight excluding hydrogens is 474 g/mol. The van der Waals surface area contributed by atoms with Crippen LogP contribution in [-0.4, -0.2) is 55.2 Å². The third-order valence-electron chi connectivity index (χ3n) is 7.29. The van der Waals surface area contributed by atoms with Crippen molar-refractivity contribution in [1.29, 1.82) is 0 Å². The largest absolute Gasteiger partial charge is 0.454 e. The summed E-state index contributed by atoms with van der Waals surface area (Å²) in [6.45, 7) is 3.51. The Morgan fingerprint density at radius 2 is 1.26 bits per heavy atom. The fourth-order valence-electron chi connectivity index (χ4n) is 5.34. The zero-order valence-corrected chi connectivity index (χ0v) is 21.3. The van der Waals surface area contributed by atoms with Gasteiger partial charge in [-0.15, -0.1) is 0 Å². The van der Waals surface area contributed by atoms with E-state index in [1.54, 1.807) is 0 Å². The average molecular weight is 506 g/mol. The maximum Gasteiger partial charge on any atom is 0.242 e. The second-order valence-corrected chi connectivity index (χ2v) is 9.60. The molecule has 1 saturated heterocycles. The van der Waals surface area contributed by atoms with Crippen molar-refractivity contribution >= 4 is 17.3 Å². The van der Waals surface area contributed by atoms with Gasteiger partial charge in [-0.05, 0) is 47.5 Å². The normalized spacial score (nSPS) is 15.7. The number of carbonyl (C=O) groups excluding carboxylic acids is 1. The Balaban J connectivity index is 1.18. The van der Waals surface area contributed by atoms with E-state index in [0.29, 0.717) is 19.6 Å². The first-order chi connectivity index (χ1) is 18.8. The van der Waals surface area contributed by atoms with Crippen LogP contribution in [0.2, 0.25) is 0 Å². The Bertz CT molecular complexity index is 1320. The van der Waals surface area contributed by atoms with E-state index in [-0.39, 0.29) is 18.7 Å². The Morgan fingerprint density at radius 3 is 1.89 bits per heavy atom. The van der Waals surface area contributed by atoms with Crippen LogP contribution >= 0.6 is 0 Å². The summed E-state index contributed by atoms with van der Waals surface area (Å²) in [6.07, 6.45) is 0. The summed E-state index contributed by atoms with van der Waals surface area (Å²) in [5, 5.41) is 0. The Hall–Kier alpha value is -4.29. The molecule has 2 heterocycles. The number of fused-ring (bicyclic) bond motifs is 1. The van der Waals surface area contributed by atoms with Crippen molar-refractivity contribution in [3.63, 3.8) is 0 Å². The molecule has 4 aromatic rings. The summed E-state index contributed by atoms with van der Waals surface area (Å²) in [5.74, 6) is 1.72. The van der Waals surface area contributed by atoms with E-state index in [1.165, 1.54) is 11.1 Å². The number of rotatable bonds is 7. The van der Waals surface area contributed by atoms with E-state index in [2.05, 4.69) is 46.2 Å². The number of ether oxygens (including phenoxy) is 2. The van der Waals surface area contributed by atoms with E-state index >= 15 is 0 Å². The lowest BCUT2D eigenvalue weighted by Crippen LogP contribution is -2.51. The van der Waals surface area contributed by atoms with Gasteiger partial charge in [0.15, 0.2) is 11.5 Å². The van der Waals surface area contributed by atoms with Crippen LogP contribution in [0.25, 0.3) is 0 Å². The number of nitrogens with zero attached hydrogens (tertiary/aromatic N) is 3. The summed E-state index contributed by atoms with van der Waals surface area (Å²) in [6, 6.07) is 37.1. The van der Waals surface area contributed by atoms with Crippen molar-refractivity contribution in [2.24, 2.45) is 0 Å². The van der Waals surface area contributed by atoms with Crippen LogP contribution in [0.5, 0.6) is 11.5 Å². The van der Waals surface area contributed by atoms with Gasteiger partial charge in [0.2, 0.25) is 12.7 Å². The SMILES string of the molecule is O=C(CN(c1ccccc1)c1ccccc1)N1CCN(C(c2ccccc2)c2ccc3c(c2)OCO3)CC1. The van der Waals surface area contributed by atoms with Crippen LogP contribution in [0.15, 0.2) is 109 Å². The van der Waals surface area contributed by atoms with Gasteiger partial charge >= 0.3 is 0 Å². The van der Waals surface area contributed by atoms with Crippen LogP contribution in [-0.2, 0) is 4.79 Å². The molecule has 4 aromatic carbocycles. The summed E-state index contributed by atoms with van der Waals surface area (Å²) < 4.78 is 11.2. The molecule has 38 heavy (non-hydrogen) atoms. The third-order valence-corrected chi connectivity index (χ3v) is 7.29. The highest BCUT2D eigenvalue weighted by Gasteiger charge is 2.30. The molecule has 192 valence electrons. The second kappa shape index (κ2) is 11.0. The number of piperazine rings is 1. The predicted molar refractivity (Wildman–Crippen MR) is 149 cm³/mol. The molecule has 6 heteroatoms. The Morgan fingerprint density at radius 1 is 0.684 bits per heavy atom. The topological polar surface area (TPSA) is 45.3 Å². The Kier molecular flexibility index (Phi) is 6.96. The summed E-state index contributed by atoms with van der Waals surface area (Å²) in [7, 11) is 0. The van der Waals surface area contributed by atoms with Gasteiger partial charge in [0, 0.05) is 37.6 Å². The van der Waals surface area contributed by atoms with Gasteiger partial charge in [0.1, 0.15) is 6.54 Å². The molecule has 0 radical (unpaired) electrons. The number of amides is 1. The number of carbonyl (C=O) groups is 1. The molecule has 1 atom stereocenters. The summed E-state index contributed by atoms with van der Waals surface area (Å²) in [4.78, 5) is 20.1. The fraction of sp³-hybridized carbons (Fsp3) is 0.219. The number of anilines is 2. The van der Waals surface area contributed by atoms with Crippen LogP contribution in [0.3, 0.4) is 0 Å². The first-order valence-corrected chi connectivity index (χ1v) is 13.1.